The van der Waals surface area contributed by atoms with Crippen LogP contribution in [0.15, 0.2) is 24.3 Å². The lowest BCUT2D eigenvalue weighted by atomic mass is 9.80. The second-order valence-corrected chi connectivity index (χ2v) is 6.73. The molecule has 1 aromatic rings. The number of rotatable bonds is 7. The third-order valence-corrected chi connectivity index (χ3v) is 5.09. The number of nitrogens with one attached hydrogen (secondary N) is 1. The Labute approximate surface area is 153 Å². The molecule has 7 nitrogen and oxygen atoms in total. The zero-order chi connectivity index (χ0) is 19.2. The minimum absolute atomic E-state index is 0.0434. The first kappa shape index (κ1) is 19.9. The summed E-state index contributed by atoms with van der Waals surface area (Å²) >= 11 is 0. The lowest BCUT2D eigenvalue weighted by Gasteiger charge is -2.40. The van der Waals surface area contributed by atoms with Crippen molar-refractivity contribution in [2.45, 2.75) is 57.9 Å². The van der Waals surface area contributed by atoms with Crippen molar-refractivity contribution in [1.82, 2.24) is 10.2 Å². The van der Waals surface area contributed by atoms with Crippen LogP contribution >= 0.6 is 0 Å². The van der Waals surface area contributed by atoms with Crippen molar-refractivity contribution in [3.05, 3.63) is 39.9 Å². The monoisotopic (exact) mass is 361 g/mol. The quantitative estimate of drug-likeness (QED) is 0.597. The SMILES string of the molecule is CCN(CC)C(=O)C1(NC(=O)Cc2ccccc2[N+](=O)[O-])CCCCC1. The lowest BCUT2D eigenvalue weighted by molar-refractivity contribution is -0.385. The standard InChI is InChI=1S/C19H27N3O4/c1-3-21(4-2)18(24)19(12-8-5-9-13-19)20-17(23)14-15-10-6-7-11-16(15)22(25)26/h6-7,10-11H,3-5,8-9,12-14H2,1-2H3,(H,20,23). The summed E-state index contributed by atoms with van der Waals surface area (Å²) in [6.07, 6.45) is 3.95. The van der Waals surface area contributed by atoms with E-state index in [1.54, 1.807) is 23.1 Å². The van der Waals surface area contributed by atoms with Gasteiger partial charge in [0.25, 0.3) is 5.69 Å². The summed E-state index contributed by atoms with van der Waals surface area (Å²) < 4.78 is 0. The molecule has 0 bridgehead atoms. The Bertz CT molecular complexity index is 665. The van der Waals surface area contributed by atoms with Gasteiger partial charge in [-0.2, -0.15) is 0 Å². The van der Waals surface area contributed by atoms with Gasteiger partial charge in [0.1, 0.15) is 5.54 Å². The Balaban J connectivity index is 2.20. The number of benzene rings is 1. The van der Waals surface area contributed by atoms with Crippen LogP contribution in [0.3, 0.4) is 0 Å². The van der Waals surface area contributed by atoms with E-state index in [4.69, 9.17) is 0 Å². The van der Waals surface area contributed by atoms with Crippen LogP contribution in [-0.4, -0.2) is 40.3 Å². The molecule has 0 heterocycles. The fourth-order valence-corrected chi connectivity index (χ4v) is 3.68. The Morgan fingerprint density at radius 2 is 1.77 bits per heavy atom. The first-order valence-electron chi connectivity index (χ1n) is 9.26. The van der Waals surface area contributed by atoms with Gasteiger partial charge in [-0.05, 0) is 26.7 Å². The first-order chi connectivity index (χ1) is 12.4. The molecule has 2 amide bonds. The maximum atomic E-state index is 13.0. The van der Waals surface area contributed by atoms with Gasteiger partial charge in [-0.3, -0.25) is 19.7 Å². The average Bonchev–Trinajstić information content (AvgIpc) is 2.63. The third-order valence-electron chi connectivity index (χ3n) is 5.09. The van der Waals surface area contributed by atoms with E-state index in [-0.39, 0.29) is 23.9 Å². The number of amides is 2. The highest BCUT2D eigenvalue weighted by atomic mass is 16.6. The number of hydrogen-bond acceptors (Lipinski definition) is 4. The molecule has 1 saturated carbocycles. The van der Waals surface area contributed by atoms with Crippen molar-refractivity contribution in [2.24, 2.45) is 0 Å². The van der Waals surface area contributed by atoms with E-state index in [9.17, 15) is 19.7 Å². The molecule has 0 aromatic heterocycles. The van der Waals surface area contributed by atoms with Crippen molar-refractivity contribution in [3.8, 4) is 0 Å². The number of carbonyl (C=O) groups excluding carboxylic acids is 2. The van der Waals surface area contributed by atoms with Gasteiger partial charge in [0.05, 0.1) is 11.3 Å². The molecule has 0 aliphatic heterocycles. The largest absolute Gasteiger partial charge is 0.341 e. The summed E-state index contributed by atoms with van der Waals surface area (Å²) in [6, 6.07) is 6.22. The number of likely N-dealkylation sites (N-methyl/N-ethyl adjacent to an activating group) is 1. The van der Waals surface area contributed by atoms with Crippen molar-refractivity contribution >= 4 is 17.5 Å². The summed E-state index contributed by atoms with van der Waals surface area (Å²) in [7, 11) is 0. The first-order valence-corrected chi connectivity index (χ1v) is 9.26. The summed E-state index contributed by atoms with van der Waals surface area (Å²) in [6.45, 7) is 5.04. The van der Waals surface area contributed by atoms with Gasteiger partial charge in [0, 0.05) is 24.7 Å². The van der Waals surface area contributed by atoms with Crippen LogP contribution in [0, 0.1) is 10.1 Å². The molecule has 0 spiro atoms. The highest BCUT2D eigenvalue weighted by Crippen LogP contribution is 2.30. The Hall–Kier alpha value is -2.44. The molecule has 0 radical (unpaired) electrons. The molecule has 1 fully saturated rings. The van der Waals surface area contributed by atoms with Crippen LogP contribution in [0.2, 0.25) is 0 Å². The van der Waals surface area contributed by atoms with Crippen molar-refractivity contribution in [1.29, 1.82) is 0 Å². The summed E-state index contributed by atoms with van der Waals surface area (Å²) in [5, 5.41) is 14.1. The second-order valence-electron chi connectivity index (χ2n) is 6.73. The molecule has 2 rings (SSSR count). The van der Waals surface area contributed by atoms with E-state index in [2.05, 4.69) is 5.32 Å². The van der Waals surface area contributed by atoms with Gasteiger partial charge in [0.15, 0.2) is 0 Å². The molecule has 0 unspecified atom stereocenters. The molecular weight excluding hydrogens is 334 g/mol. The van der Waals surface area contributed by atoms with Crippen LogP contribution < -0.4 is 5.32 Å². The van der Waals surface area contributed by atoms with Gasteiger partial charge in [-0.15, -0.1) is 0 Å². The van der Waals surface area contributed by atoms with Gasteiger partial charge in [-0.1, -0.05) is 37.5 Å². The molecular formula is C19H27N3O4. The normalized spacial score (nSPS) is 15.9. The molecule has 1 N–H and O–H groups in total. The van der Waals surface area contributed by atoms with E-state index >= 15 is 0 Å². The van der Waals surface area contributed by atoms with Gasteiger partial charge in [0.2, 0.25) is 11.8 Å². The number of nitro groups is 1. The minimum Gasteiger partial charge on any atom is -0.341 e. The molecule has 1 aliphatic rings. The number of carbonyl (C=O) groups is 2. The predicted octanol–water partition coefficient (Wildman–Crippen LogP) is 2.82. The third kappa shape index (κ3) is 4.39. The fourth-order valence-electron chi connectivity index (χ4n) is 3.68. The smallest absolute Gasteiger partial charge is 0.273 e. The van der Waals surface area contributed by atoms with Gasteiger partial charge < -0.3 is 10.2 Å². The molecule has 7 heteroatoms. The highest BCUT2D eigenvalue weighted by molar-refractivity contribution is 5.92. The summed E-state index contributed by atoms with van der Waals surface area (Å²) in [5.41, 5.74) is -0.600. The maximum absolute atomic E-state index is 13.0. The number of para-hydroxylation sites is 1. The zero-order valence-electron chi connectivity index (χ0n) is 15.5. The number of nitro benzene ring substituents is 1. The van der Waals surface area contributed by atoms with E-state index in [1.165, 1.54) is 6.07 Å². The van der Waals surface area contributed by atoms with E-state index in [0.717, 1.165) is 19.3 Å². The zero-order valence-corrected chi connectivity index (χ0v) is 15.5. The lowest BCUT2D eigenvalue weighted by Crippen LogP contribution is -2.60. The average molecular weight is 361 g/mol. The van der Waals surface area contributed by atoms with E-state index in [1.807, 2.05) is 13.8 Å². The molecule has 142 valence electrons. The Morgan fingerprint density at radius 3 is 2.35 bits per heavy atom. The number of nitrogens with zero attached hydrogens (tertiary/aromatic N) is 2. The number of hydrogen-bond donors (Lipinski definition) is 1. The van der Waals surface area contributed by atoms with Crippen molar-refractivity contribution < 1.29 is 14.5 Å². The Kier molecular flexibility index (Phi) is 6.71. The minimum atomic E-state index is -0.884. The predicted molar refractivity (Wildman–Crippen MR) is 98.7 cm³/mol. The van der Waals surface area contributed by atoms with Gasteiger partial charge >= 0.3 is 0 Å². The molecule has 1 aliphatic carbocycles. The summed E-state index contributed by atoms with van der Waals surface area (Å²) in [4.78, 5) is 38.1. The molecule has 1 aromatic carbocycles. The van der Waals surface area contributed by atoms with Crippen LogP contribution in [0.4, 0.5) is 5.69 Å². The van der Waals surface area contributed by atoms with E-state index in [0.29, 0.717) is 31.5 Å². The molecule has 0 atom stereocenters. The second kappa shape index (κ2) is 8.78. The molecule has 26 heavy (non-hydrogen) atoms. The molecule has 0 saturated heterocycles. The van der Waals surface area contributed by atoms with Crippen LogP contribution in [0.5, 0.6) is 0 Å². The Morgan fingerprint density at radius 1 is 1.15 bits per heavy atom. The fraction of sp³-hybridized carbons (Fsp3) is 0.579. The van der Waals surface area contributed by atoms with E-state index < -0.39 is 10.5 Å². The van der Waals surface area contributed by atoms with Crippen LogP contribution in [-0.2, 0) is 16.0 Å². The van der Waals surface area contributed by atoms with Crippen LogP contribution in [0.25, 0.3) is 0 Å². The van der Waals surface area contributed by atoms with Crippen molar-refractivity contribution in [3.63, 3.8) is 0 Å². The van der Waals surface area contributed by atoms with Crippen molar-refractivity contribution in [2.75, 3.05) is 13.1 Å². The highest BCUT2D eigenvalue weighted by Gasteiger charge is 2.42. The maximum Gasteiger partial charge on any atom is 0.273 e. The summed E-state index contributed by atoms with van der Waals surface area (Å²) in [5.74, 6) is -0.389. The topological polar surface area (TPSA) is 92.6 Å². The van der Waals surface area contributed by atoms with Crippen LogP contribution in [0.1, 0.15) is 51.5 Å². The van der Waals surface area contributed by atoms with Gasteiger partial charge in [-0.25, -0.2) is 0 Å².